The van der Waals surface area contributed by atoms with E-state index in [1.807, 2.05) is 36.0 Å². The van der Waals surface area contributed by atoms with Crippen LogP contribution in [-0.4, -0.2) is 9.55 Å². The number of allylic oxidation sites excluding steroid dienone is 2. The van der Waals surface area contributed by atoms with Gasteiger partial charge in [0.05, 0.1) is 0 Å². The van der Waals surface area contributed by atoms with Crippen molar-refractivity contribution in [1.29, 1.82) is 0 Å². The van der Waals surface area contributed by atoms with E-state index >= 15 is 0 Å². The molecule has 2 heteroatoms. The number of hydrogen-bond acceptors (Lipinski definition) is 1. The van der Waals surface area contributed by atoms with Gasteiger partial charge in [0.1, 0.15) is 5.82 Å². The standard InChI is InChI=1S/C9H8N2/c1-8-2-3-9-10-5-7-11(9)6-4-8/h3-7H,1H3. The van der Waals surface area contributed by atoms with Gasteiger partial charge in [0.25, 0.3) is 0 Å². The fourth-order valence-corrected chi connectivity index (χ4v) is 0.981. The summed E-state index contributed by atoms with van der Waals surface area (Å²) >= 11 is 0. The molecule has 0 bridgehead atoms. The summed E-state index contributed by atoms with van der Waals surface area (Å²) < 4.78 is 1.96. The molecule has 1 aromatic heterocycles. The van der Waals surface area contributed by atoms with Crippen molar-refractivity contribution < 1.29 is 0 Å². The Hall–Kier alpha value is -1.53. The number of imidazole rings is 1. The zero-order valence-electron chi connectivity index (χ0n) is 6.28. The smallest absolute Gasteiger partial charge is 0.144 e. The van der Waals surface area contributed by atoms with Crippen molar-refractivity contribution in [3.63, 3.8) is 0 Å². The first-order valence-corrected chi connectivity index (χ1v) is 3.50. The summed E-state index contributed by atoms with van der Waals surface area (Å²) in [5, 5.41) is 0. The highest BCUT2D eigenvalue weighted by molar-refractivity contribution is 5.51. The molecule has 2 heterocycles. The molecule has 2 nitrogen and oxygen atoms in total. The SMILES string of the molecule is CC1=C=Cc2nccn2C=C1. The summed E-state index contributed by atoms with van der Waals surface area (Å²) in [6, 6.07) is 0. The van der Waals surface area contributed by atoms with E-state index in [1.165, 1.54) is 0 Å². The Labute approximate surface area is 65.2 Å². The highest BCUT2D eigenvalue weighted by atomic mass is 15.0. The average Bonchev–Trinajstić information content (AvgIpc) is 2.38. The van der Waals surface area contributed by atoms with E-state index in [1.54, 1.807) is 6.20 Å². The second kappa shape index (κ2) is 2.26. The normalized spacial score (nSPS) is 14.1. The lowest BCUT2D eigenvalue weighted by Crippen LogP contribution is -1.85. The van der Waals surface area contributed by atoms with Gasteiger partial charge in [-0.1, -0.05) is 0 Å². The van der Waals surface area contributed by atoms with Crippen LogP contribution in [0.15, 0.2) is 29.8 Å². The minimum Gasteiger partial charge on any atom is -0.307 e. The Kier molecular flexibility index (Phi) is 1.27. The molecule has 1 aliphatic heterocycles. The first-order chi connectivity index (χ1) is 5.36. The molecule has 54 valence electrons. The monoisotopic (exact) mass is 144 g/mol. The quantitative estimate of drug-likeness (QED) is 0.509. The number of aromatic nitrogens is 2. The summed E-state index contributed by atoms with van der Waals surface area (Å²) in [5.74, 6) is 0.929. The molecule has 0 fully saturated rings. The number of rotatable bonds is 0. The Bertz CT molecular complexity index is 363. The third-order valence-electron chi connectivity index (χ3n) is 1.61. The van der Waals surface area contributed by atoms with Gasteiger partial charge in [-0.25, -0.2) is 4.98 Å². The zero-order valence-corrected chi connectivity index (χ0v) is 6.28. The van der Waals surface area contributed by atoms with Crippen molar-refractivity contribution in [3.05, 3.63) is 35.6 Å². The van der Waals surface area contributed by atoms with Crippen LogP contribution in [0, 0.1) is 0 Å². The van der Waals surface area contributed by atoms with Crippen LogP contribution in [0.1, 0.15) is 12.7 Å². The second-order valence-corrected chi connectivity index (χ2v) is 2.48. The van der Waals surface area contributed by atoms with Gasteiger partial charge >= 0.3 is 0 Å². The number of hydrogen-bond donors (Lipinski definition) is 0. The molecule has 0 saturated heterocycles. The highest BCUT2D eigenvalue weighted by Gasteiger charge is 1.95. The van der Waals surface area contributed by atoms with Crippen LogP contribution in [0.2, 0.25) is 0 Å². The molecular weight excluding hydrogens is 136 g/mol. The molecule has 0 N–H and O–H groups in total. The van der Waals surface area contributed by atoms with E-state index in [4.69, 9.17) is 0 Å². The van der Waals surface area contributed by atoms with Gasteiger partial charge in [-0.15, -0.1) is 5.73 Å². The van der Waals surface area contributed by atoms with E-state index in [2.05, 4.69) is 10.7 Å². The van der Waals surface area contributed by atoms with Gasteiger partial charge in [0.2, 0.25) is 0 Å². The van der Waals surface area contributed by atoms with E-state index < -0.39 is 0 Å². The van der Waals surface area contributed by atoms with Crippen molar-refractivity contribution in [2.75, 3.05) is 0 Å². The predicted octanol–water partition coefficient (Wildman–Crippen LogP) is 1.93. The third kappa shape index (κ3) is 1.04. The molecular formula is C9H8N2. The summed E-state index contributed by atoms with van der Waals surface area (Å²) in [6.45, 7) is 2.01. The molecule has 0 amide bonds. The minimum absolute atomic E-state index is 0.929. The summed E-state index contributed by atoms with van der Waals surface area (Å²) in [6.07, 6.45) is 9.57. The van der Waals surface area contributed by atoms with Crippen molar-refractivity contribution in [3.8, 4) is 0 Å². The average molecular weight is 144 g/mol. The fourth-order valence-electron chi connectivity index (χ4n) is 0.981. The zero-order chi connectivity index (χ0) is 7.68. The molecule has 0 radical (unpaired) electrons. The molecule has 1 aromatic rings. The maximum Gasteiger partial charge on any atom is 0.144 e. The molecule has 0 unspecified atom stereocenters. The predicted molar refractivity (Wildman–Crippen MR) is 44.7 cm³/mol. The lowest BCUT2D eigenvalue weighted by molar-refractivity contribution is 1.11. The first kappa shape index (κ1) is 6.20. The van der Waals surface area contributed by atoms with Gasteiger partial charge in [-0.3, -0.25) is 0 Å². The largest absolute Gasteiger partial charge is 0.307 e. The lowest BCUT2D eigenvalue weighted by Gasteiger charge is -1.91. The summed E-state index contributed by atoms with van der Waals surface area (Å²) in [7, 11) is 0. The van der Waals surface area contributed by atoms with Crippen LogP contribution in [0.4, 0.5) is 0 Å². The fraction of sp³-hybridized carbons (Fsp3) is 0.111. The summed E-state index contributed by atoms with van der Waals surface area (Å²) in [5.41, 5.74) is 4.23. The Morgan fingerprint density at radius 1 is 1.55 bits per heavy atom. The summed E-state index contributed by atoms with van der Waals surface area (Å²) in [4.78, 5) is 4.13. The number of fused-ring (bicyclic) bond motifs is 1. The van der Waals surface area contributed by atoms with Crippen LogP contribution in [0.3, 0.4) is 0 Å². The maximum absolute atomic E-state index is 4.13. The van der Waals surface area contributed by atoms with Crippen LogP contribution in [0.5, 0.6) is 0 Å². The topological polar surface area (TPSA) is 17.8 Å². The molecule has 2 rings (SSSR count). The second-order valence-electron chi connectivity index (χ2n) is 2.48. The Balaban J connectivity index is 2.63. The van der Waals surface area contributed by atoms with Gasteiger partial charge in [-0.05, 0) is 18.6 Å². The molecule has 0 saturated carbocycles. The van der Waals surface area contributed by atoms with E-state index in [0.717, 1.165) is 11.4 Å². The van der Waals surface area contributed by atoms with Gasteiger partial charge in [0, 0.05) is 24.7 Å². The van der Waals surface area contributed by atoms with Crippen molar-refractivity contribution in [1.82, 2.24) is 9.55 Å². The molecule has 0 atom stereocenters. The van der Waals surface area contributed by atoms with Gasteiger partial charge in [-0.2, -0.15) is 0 Å². The Morgan fingerprint density at radius 2 is 2.45 bits per heavy atom. The van der Waals surface area contributed by atoms with Crippen LogP contribution < -0.4 is 0 Å². The molecule has 0 aromatic carbocycles. The molecule has 0 aliphatic carbocycles. The van der Waals surface area contributed by atoms with E-state index in [-0.39, 0.29) is 0 Å². The molecule has 0 spiro atoms. The number of nitrogens with zero attached hydrogens (tertiary/aromatic N) is 2. The van der Waals surface area contributed by atoms with Crippen LogP contribution >= 0.6 is 0 Å². The van der Waals surface area contributed by atoms with Crippen LogP contribution in [-0.2, 0) is 0 Å². The van der Waals surface area contributed by atoms with Crippen molar-refractivity contribution in [2.45, 2.75) is 6.92 Å². The van der Waals surface area contributed by atoms with Gasteiger partial charge in [0.15, 0.2) is 0 Å². The molecule has 11 heavy (non-hydrogen) atoms. The van der Waals surface area contributed by atoms with E-state index in [9.17, 15) is 0 Å². The van der Waals surface area contributed by atoms with Crippen LogP contribution in [0.25, 0.3) is 12.3 Å². The van der Waals surface area contributed by atoms with Gasteiger partial charge < -0.3 is 4.57 Å². The first-order valence-electron chi connectivity index (χ1n) is 3.50. The van der Waals surface area contributed by atoms with Crippen molar-refractivity contribution >= 4 is 12.3 Å². The maximum atomic E-state index is 4.13. The Morgan fingerprint density at radius 3 is 3.36 bits per heavy atom. The third-order valence-corrected chi connectivity index (χ3v) is 1.61. The van der Waals surface area contributed by atoms with Crippen molar-refractivity contribution in [2.24, 2.45) is 0 Å². The minimum atomic E-state index is 0.929. The molecule has 1 aliphatic rings. The lowest BCUT2D eigenvalue weighted by atomic mass is 10.3. The highest BCUT2D eigenvalue weighted by Crippen LogP contribution is 2.06. The van der Waals surface area contributed by atoms with E-state index in [0.29, 0.717) is 0 Å².